The van der Waals surface area contributed by atoms with Gasteiger partial charge in [0.1, 0.15) is 22.8 Å². The minimum absolute atomic E-state index is 0.135. The molecule has 0 spiro atoms. The van der Waals surface area contributed by atoms with Crippen molar-refractivity contribution in [2.24, 2.45) is 0 Å². The molecule has 0 fully saturated rings. The van der Waals surface area contributed by atoms with Crippen LogP contribution in [0.2, 0.25) is 0 Å². The molecule has 3 aromatic heterocycles. The second-order valence-corrected chi connectivity index (χ2v) is 7.07. The molecule has 1 atom stereocenters. The van der Waals surface area contributed by atoms with E-state index in [1.54, 1.807) is 6.26 Å². The summed E-state index contributed by atoms with van der Waals surface area (Å²) in [6.45, 7) is 2.21. The minimum Gasteiger partial charge on any atom is -0.467 e. The van der Waals surface area contributed by atoms with Gasteiger partial charge in [-0.1, -0.05) is 65.8 Å². The van der Waals surface area contributed by atoms with Crippen molar-refractivity contribution in [2.45, 2.75) is 19.5 Å². The van der Waals surface area contributed by atoms with Crippen molar-refractivity contribution in [1.82, 2.24) is 20.7 Å². The van der Waals surface area contributed by atoms with Crippen LogP contribution in [-0.2, 0) is 6.54 Å². The van der Waals surface area contributed by atoms with Crippen molar-refractivity contribution in [3.63, 3.8) is 0 Å². The van der Waals surface area contributed by atoms with E-state index in [0.717, 1.165) is 16.9 Å². The van der Waals surface area contributed by atoms with Crippen LogP contribution in [-0.4, -0.2) is 15.4 Å². The normalized spacial score (nSPS) is 12.2. The Morgan fingerprint density at radius 1 is 0.903 bits per heavy atom. The SMILES string of the molecule is Cc1onc(-c2ccccc2)c1-c1nnc(CN[C@H](c2ccccc2)c2ccco2)o1. The van der Waals surface area contributed by atoms with E-state index in [-0.39, 0.29) is 6.04 Å². The third-order valence-corrected chi connectivity index (χ3v) is 5.01. The van der Waals surface area contributed by atoms with Gasteiger partial charge in [-0.3, -0.25) is 5.32 Å². The Hall–Kier alpha value is -3.97. The number of rotatable bonds is 7. The van der Waals surface area contributed by atoms with E-state index in [0.29, 0.717) is 35.3 Å². The summed E-state index contributed by atoms with van der Waals surface area (Å²) in [6.07, 6.45) is 1.66. The van der Waals surface area contributed by atoms with Gasteiger partial charge in [0, 0.05) is 5.56 Å². The molecule has 0 aliphatic rings. The van der Waals surface area contributed by atoms with E-state index in [2.05, 4.69) is 20.7 Å². The highest BCUT2D eigenvalue weighted by atomic mass is 16.5. The van der Waals surface area contributed by atoms with E-state index in [4.69, 9.17) is 13.4 Å². The molecule has 0 aliphatic carbocycles. The monoisotopic (exact) mass is 412 g/mol. The first-order chi connectivity index (χ1) is 15.3. The largest absolute Gasteiger partial charge is 0.467 e. The molecule has 7 heteroatoms. The zero-order chi connectivity index (χ0) is 21.0. The van der Waals surface area contributed by atoms with Gasteiger partial charge in [-0.25, -0.2) is 0 Å². The topological polar surface area (TPSA) is 90.1 Å². The maximum atomic E-state index is 5.96. The van der Waals surface area contributed by atoms with Crippen LogP contribution in [0.5, 0.6) is 0 Å². The second-order valence-electron chi connectivity index (χ2n) is 7.07. The van der Waals surface area contributed by atoms with Crippen molar-refractivity contribution in [3.05, 3.63) is 102 Å². The lowest BCUT2D eigenvalue weighted by Gasteiger charge is -2.15. The average Bonchev–Trinajstić information content (AvgIpc) is 3.57. The molecule has 31 heavy (non-hydrogen) atoms. The number of hydrogen-bond donors (Lipinski definition) is 1. The van der Waals surface area contributed by atoms with Gasteiger partial charge in [-0.2, -0.15) is 0 Å². The molecule has 1 N–H and O–H groups in total. The molecule has 154 valence electrons. The van der Waals surface area contributed by atoms with Crippen molar-refractivity contribution in [2.75, 3.05) is 0 Å². The maximum absolute atomic E-state index is 5.96. The van der Waals surface area contributed by atoms with Crippen LogP contribution in [0.15, 0.2) is 92.4 Å². The second kappa shape index (κ2) is 8.41. The summed E-state index contributed by atoms with van der Waals surface area (Å²) in [5.74, 6) is 2.28. The molecule has 0 radical (unpaired) electrons. The Bertz CT molecular complexity index is 1240. The van der Waals surface area contributed by atoms with Crippen LogP contribution in [0.1, 0.15) is 29.0 Å². The number of aryl methyl sites for hydroxylation is 1. The molecule has 2 aromatic carbocycles. The summed E-state index contributed by atoms with van der Waals surface area (Å²) >= 11 is 0. The summed E-state index contributed by atoms with van der Waals surface area (Å²) < 4.78 is 17.0. The van der Waals surface area contributed by atoms with Crippen LogP contribution in [0.4, 0.5) is 0 Å². The van der Waals surface area contributed by atoms with Crippen molar-refractivity contribution in [3.8, 4) is 22.7 Å². The quantitative estimate of drug-likeness (QED) is 0.394. The lowest BCUT2D eigenvalue weighted by Crippen LogP contribution is -2.21. The number of nitrogens with zero attached hydrogens (tertiary/aromatic N) is 3. The first-order valence-electron chi connectivity index (χ1n) is 9.96. The predicted molar refractivity (Wildman–Crippen MR) is 114 cm³/mol. The molecule has 7 nitrogen and oxygen atoms in total. The summed E-state index contributed by atoms with van der Waals surface area (Å²) in [5, 5.41) is 16.1. The minimum atomic E-state index is -0.135. The van der Waals surface area contributed by atoms with Crippen LogP contribution < -0.4 is 5.32 Å². The summed E-state index contributed by atoms with van der Waals surface area (Å²) in [7, 11) is 0. The molecule has 5 rings (SSSR count). The fourth-order valence-electron chi connectivity index (χ4n) is 3.52. The van der Waals surface area contributed by atoms with Crippen LogP contribution in [0, 0.1) is 6.92 Å². The van der Waals surface area contributed by atoms with E-state index in [1.807, 2.05) is 79.7 Å². The number of aromatic nitrogens is 3. The predicted octanol–water partition coefficient (Wildman–Crippen LogP) is 5.17. The third kappa shape index (κ3) is 3.91. The Kier molecular flexibility index (Phi) is 5.16. The van der Waals surface area contributed by atoms with Crippen LogP contribution in [0.3, 0.4) is 0 Å². The molecule has 0 unspecified atom stereocenters. The zero-order valence-corrected chi connectivity index (χ0v) is 16.9. The van der Waals surface area contributed by atoms with Crippen molar-refractivity contribution < 1.29 is 13.4 Å². The molecule has 0 amide bonds. The van der Waals surface area contributed by atoms with Crippen molar-refractivity contribution in [1.29, 1.82) is 0 Å². The summed E-state index contributed by atoms with van der Waals surface area (Å²) in [5.41, 5.74) is 3.39. The lowest BCUT2D eigenvalue weighted by molar-refractivity contribution is 0.398. The van der Waals surface area contributed by atoms with Gasteiger partial charge in [0.15, 0.2) is 0 Å². The van der Waals surface area contributed by atoms with Gasteiger partial charge in [-0.05, 0) is 24.6 Å². The lowest BCUT2D eigenvalue weighted by atomic mass is 10.0. The fourth-order valence-corrected chi connectivity index (χ4v) is 3.52. The highest BCUT2D eigenvalue weighted by Gasteiger charge is 2.23. The van der Waals surface area contributed by atoms with Crippen molar-refractivity contribution >= 4 is 0 Å². The molecule has 0 aliphatic heterocycles. The summed E-state index contributed by atoms with van der Waals surface area (Å²) in [4.78, 5) is 0. The van der Waals surface area contributed by atoms with Gasteiger partial charge < -0.3 is 13.4 Å². The Labute approximate surface area is 178 Å². The Morgan fingerprint density at radius 2 is 1.68 bits per heavy atom. The average molecular weight is 412 g/mol. The first-order valence-corrected chi connectivity index (χ1v) is 9.96. The van der Waals surface area contributed by atoms with Gasteiger partial charge in [0.05, 0.1) is 18.8 Å². The van der Waals surface area contributed by atoms with Gasteiger partial charge in [0.25, 0.3) is 5.89 Å². The van der Waals surface area contributed by atoms with E-state index in [1.165, 1.54) is 0 Å². The Balaban J connectivity index is 1.39. The fraction of sp³-hybridized carbons (Fsp3) is 0.125. The van der Waals surface area contributed by atoms with Gasteiger partial charge >= 0.3 is 0 Å². The maximum Gasteiger partial charge on any atom is 0.253 e. The standard InChI is InChI=1S/C24H20N4O3/c1-16-21(23(28-31-16)18-11-6-3-7-12-18)24-27-26-20(30-24)15-25-22(19-13-8-14-29-19)17-9-4-2-5-10-17/h2-14,22,25H,15H2,1H3/t22-/m1/s1. The van der Waals surface area contributed by atoms with E-state index < -0.39 is 0 Å². The Morgan fingerprint density at radius 3 is 2.42 bits per heavy atom. The molecule has 3 heterocycles. The highest BCUT2D eigenvalue weighted by molar-refractivity contribution is 5.77. The number of benzene rings is 2. The van der Waals surface area contributed by atoms with Gasteiger partial charge in [-0.15, -0.1) is 10.2 Å². The summed E-state index contributed by atoms with van der Waals surface area (Å²) in [6, 6.07) is 23.5. The highest BCUT2D eigenvalue weighted by Crippen LogP contribution is 2.33. The molecular weight excluding hydrogens is 392 g/mol. The number of hydrogen-bond acceptors (Lipinski definition) is 7. The number of nitrogens with one attached hydrogen (secondary N) is 1. The van der Waals surface area contributed by atoms with Gasteiger partial charge in [0.2, 0.25) is 5.89 Å². The zero-order valence-electron chi connectivity index (χ0n) is 16.9. The van der Waals surface area contributed by atoms with Crippen LogP contribution in [0.25, 0.3) is 22.7 Å². The first kappa shape index (κ1) is 19.0. The molecule has 0 saturated carbocycles. The number of furan rings is 1. The molecule has 5 aromatic rings. The molecular formula is C24H20N4O3. The van der Waals surface area contributed by atoms with Crippen LogP contribution >= 0.6 is 0 Å². The molecule has 0 bridgehead atoms. The third-order valence-electron chi connectivity index (χ3n) is 5.01. The molecule has 0 saturated heterocycles. The smallest absolute Gasteiger partial charge is 0.253 e. The van der Waals surface area contributed by atoms with E-state index >= 15 is 0 Å². The van der Waals surface area contributed by atoms with E-state index in [9.17, 15) is 0 Å².